The van der Waals surface area contributed by atoms with Crippen molar-refractivity contribution in [2.24, 2.45) is 0 Å². The van der Waals surface area contributed by atoms with Crippen molar-refractivity contribution in [1.29, 1.82) is 0 Å². The number of carbonyl (C=O) groups is 2. The van der Waals surface area contributed by atoms with E-state index in [-0.39, 0.29) is 11.8 Å². The molecule has 0 saturated heterocycles. The molecule has 36 heavy (non-hydrogen) atoms. The van der Waals surface area contributed by atoms with Crippen molar-refractivity contribution in [2.45, 2.75) is 19.3 Å². The zero-order chi connectivity index (χ0) is 25.5. The SMILES string of the molecule is C[B]n1ccc(C(=O)NC(CCN(C)C)C(=O)Nc2nc(-c3cccc(-c4ccncc4)c3)cs2)c1. The van der Waals surface area contributed by atoms with Crippen molar-refractivity contribution in [3.63, 3.8) is 0 Å². The predicted molar refractivity (Wildman–Crippen MR) is 145 cm³/mol. The van der Waals surface area contributed by atoms with Crippen molar-refractivity contribution in [1.82, 2.24) is 24.7 Å². The molecule has 3 heterocycles. The van der Waals surface area contributed by atoms with E-state index in [4.69, 9.17) is 0 Å². The van der Waals surface area contributed by atoms with Gasteiger partial charge in [0, 0.05) is 29.5 Å². The standard InChI is InChI=1S/C26H28BN6O2S/c1-27-33-14-9-21(16-33)24(34)29-22(10-13-32(2)3)25(35)31-26-30-23(17-36-26)20-6-4-5-19(15-20)18-7-11-28-12-8-18/h4-9,11-12,14-17,22H,10,13H2,1-3H3,(H,29,34)(H,30,31,35). The molecule has 1 radical (unpaired) electrons. The first-order chi connectivity index (χ1) is 17.4. The maximum absolute atomic E-state index is 13.1. The van der Waals surface area contributed by atoms with Crippen LogP contribution < -0.4 is 10.6 Å². The summed E-state index contributed by atoms with van der Waals surface area (Å²) in [6, 6.07) is 13.0. The molecular weight excluding hydrogens is 471 g/mol. The third-order valence-corrected chi connectivity index (χ3v) is 6.43. The third-order valence-electron chi connectivity index (χ3n) is 5.67. The summed E-state index contributed by atoms with van der Waals surface area (Å²) in [4.78, 5) is 36.6. The molecule has 2 N–H and O–H groups in total. The van der Waals surface area contributed by atoms with Gasteiger partial charge in [-0.1, -0.05) is 25.0 Å². The van der Waals surface area contributed by atoms with Crippen LogP contribution in [0.2, 0.25) is 6.82 Å². The Morgan fingerprint density at radius 3 is 2.61 bits per heavy atom. The van der Waals surface area contributed by atoms with Gasteiger partial charge < -0.3 is 20.0 Å². The number of benzene rings is 1. The summed E-state index contributed by atoms with van der Waals surface area (Å²) in [7, 11) is 5.71. The molecule has 0 saturated carbocycles. The lowest BCUT2D eigenvalue weighted by atomic mass is 10.0. The van der Waals surface area contributed by atoms with Gasteiger partial charge in [0.2, 0.25) is 13.3 Å². The first kappa shape index (κ1) is 25.3. The first-order valence-electron chi connectivity index (χ1n) is 11.6. The lowest BCUT2D eigenvalue weighted by Gasteiger charge is -2.19. The molecule has 0 aliphatic carbocycles. The number of amides is 2. The van der Waals surface area contributed by atoms with E-state index in [9.17, 15) is 9.59 Å². The van der Waals surface area contributed by atoms with Gasteiger partial charge in [-0.05, 0) is 68.7 Å². The topological polar surface area (TPSA) is 92.2 Å². The highest BCUT2D eigenvalue weighted by Gasteiger charge is 2.23. The lowest BCUT2D eigenvalue weighted by Crippen LogP contribution is -2.45. The van der Waals surface area contributed by atoms with Crippen LogP contribution in [0.4, 0.5) is 5.13 Å². The zero-order valence-electron chi connectivity index (χ0n) is 20.5. The molecule has 10 heteroatoms. The third kappa shape index (κ3) is 6.47. The van der Waals surface area contributed by atoms with Crippen molar-refractivity contribution < 1.29 is 9.59 Å². The first-order valence-corrected chi connectivity index (χ1v) is 12.5. The Morgan fingerprint density at radius 1 is 1.11 bits per heavy atom. The zero-order valence-corrected chi connectivity index (χ0v) is 21.3. The molecule has 183 valence electrons. The monoisotopic (exact) mass is 499 g/mol. The molecule has 0 fully saturated rings. The lowest BCUT2D eigenvalue weighted by molar-refractivity contribution is -0.118. The molecule has 0 bridgehead atoms. The second kappa shape index (κ2) is 11.8. The molecule has 4 rings (SSSR count). The fraction of sp³-hybridized carbons (Fsp3) is 0.231. The largest absolute Gasteiger partial charge is 0.402 e. The molecule has 0 aliphatic heterocycles. The number of hydrogen-bond acceptors (Lipinski definition) is 6. The number of thiazole rings is 1. The average Bonchev–Trinajstić information content (AvgIpc) is 3.57. The number of nitrogens with zero attached hydrogens (tertiary/aromatic N) is 4. The van der Waals surface area contributed by atoms with E-state index in [0.29, 0.717) is 23.7 Å². The molecule has 0 aliphatic rings. The van der Waals surface area contributed by atoms with Crippen LogP contribution in [0.5, 0.6) is 0 Å². The number of nitrogens with one attached hydrogen (secondary N) is 2. The second-order valence-electron chi connectivity index (χ2n) is 8.57. The highest BCUT2D eigenvalue weighted by molar-refractivity contribution is 7.14. The normalized spacial score (nSPS) is 11.8. The van der Waals surface area contributed by atoms with Gasteiger partial charge >= 0.3 is 0 Å². The van der Waals surface area contributed by atoms with E-state index >= 15 is 0 Å². The molecule has 1 atom stereocenters. The van der Waals surface area contributed by atoms with Gasteiger partial charge in [-0.15, -0.1) is 11.3 Å². The number of hydrogen-bond donors (Lipinski definition) is 2. The molecular formula is C26H28BN6O2S. The molecule has 1 aromatic carbocycles. The Morgan fingerprint density at radius 2 is 1.89 bits per heavy atom. The number of rotatable bonds is 10. The van der Waals surface area contributed by atoms with Crippen molar-refractivity contribution in [2.75, 3.05) is 26.0 Å². The number of aromatic nitrogens is 3. The van der Waals surface area contributed by atoms with Gasteiger partial charge in [-0.3, -0.25) is 14.6 Å². The molecule has 1 unspecified atom stereocenters. The second-order valence-corrected chi connectivity index (χ2v) is 9.43. The summed E-state index contributed by atoms with van der Waals surface area (Å²) in [5, 5.41) is 8.17. The average molecular weight is 499 g/mol. The summed E-state index contributed by atoms with van der Waals surface area (Å²) in [5.74, 6) is -0.583. The van der Waals surface area contributed by atoms with Gasteiger partial charge in [0.05, 0.1) is 11.3 Å². The minimum Gasteiger partial charge on any atom is -0.402 e. The van der Waals surface area contributed by atoms with Crippen LogP contribution in [0.15, 0.2) is 72.6 Å². The maximum atomic E-state index is 13.1. The van der Waals surface area contributed by atoms with E-state index < -0.39 is 6.04 Å². The van der Waals surface area contributed by atoms with Gasteiger partial charge in [-0.25, -0.2) is 4.98 Å². The van der Waals surface area contributed by atoms with Gasteiger partial charge in [-0.2, -0.15) is 0 Å². The van der Waals surface area contributed by atoms with Gasteiger partial charge in [0.1, 0.15) is 6.04 Å². The van der Waals surface area contributed by atoms with E-state index in [1.165, 1.54) is 11.3 Å². The van der Waals surface area contributed by atoms with Crippen LogP contribution in [0, 0.1) is 0 Å². The summed E-state index contributed by atoms with van der Waals surface area (Å²) < 4.78 is 1.80. The van der Waals surface area contributed by atoms with E-state index in [1.807, 2.05) is 68.9 Å². The highest BCUT2D eigenvalue weighted by Crippen LogP contribution is 2.28. The predicted octanol–water partition coefficient (Wildman–Crippen LogP) is 3.88. The van der Waals surface area contributed by atoms with Crippen LogP contribution in [0.25, 0.3) is 22.4 Å². The fourth-order valence-corrected chi connectivity index (χ4v) is 4.39. The Balaban J connectivity index is 1.46. The van der Waals surface area contributed by atoms with E-state index in [2.05, 4.69) is 26.7 Å². The minimum absolute atomic E-state index is 0.290. The smallest absolute Gasteiger partial charge is 0.253 e. The van der Waals surface area contributed by atoms with E-state index in [1.54, 1.807) is 35.3 Å². The Labute approximate surface area is 215 Å². The number of carbonyl (C=O) groups excluding carboxylic acids is 2. The maximum Gasteiger partial charge on any atom is 0.253 e. The van der Waals surface area contributed by atoms with Crippen LogP contribution >= 0.6 is 11.3 Å². The summed E-state index contributed by atoms with van der Waals surface area (Å²) in [6.07, 6.45) is 7.52. The fourth-order valence-electron chi connectivity index (χ4n) is 3.66. The van der Waals surface area contributed by atoms with E-state index in [0.717, 1.165) is 22.4 Å². The van der Waals surface area contributed by atoms with Crippen LogP contribution in [0.1, 0.15) is 16.8 Å². The van der Waals surface area contributed by atoms with Crippen molar-refractivity contribution >= 4 is 35.7 Å². The quantitative estimate of drug-likeness (QED) is 0.323. The molecule has 2 amide bonds. The molecule has 8 nitrogen and oxygen atoms in total. The molecule has 0 spiro atoms. The van der Waals surface area contributed by atoms with Gasteiger partial charge in [0.15, 0.2) is 5.13 Å². The van der Waals surface area contributed by atoms with Crippen LogP contribution in [-0.4, -0.2) is 65.3 Å². The molecule has 3 aromatic heterocycles. The highest BCUT2D eigenvalue weighted by atomic mass is 32.1. The van der Waals surface area contributed by atoms with Crippen LogP contribution in [-0.2, 0) is 4.79 Å². The Hall–Kier alpha value is -3.76. The minimum atomic E-state index is -0.698. The van der Waals surface area contributed by atoms with Crippen molar-refractivity contribution in [3.05, 3.63) is 78.2 Å². The number of anilines is 1. The summed E-state index contributed by atoms with van der Waals surface area (Å²) in [5.41, 5.74) is 4.37. The van der Waals surface area contributed by atoms with Gasteiger partial charge in [0.25, 0.3) is 5.91 Å². The van der Waals surface area contributed by atoms with Crippen molar-refractivity contribution in [3.8, 4) is 22.4 Å². The number of pyridine rings is 1. The summed E-state index contributed by atoms with van der Waals surface area (Å²) in [6.45, 7) is 2.53. The van der Waals surface area contributed by atoms with Crippen LogP contribution in [0.3, 0.4) is 0 Å². The Kier molecular flexibility index (Phi) is 8.30. The summed E-state index contributed by atoms with van der Waals surface area (Å²) >= 11 is 1.35. The Bertz CT molecular complexity index is 1320. The molecule has 4 aromatic rings.